The standard InChI is InChI=1S/C12H10ClN5/c13-9-1-3-10(4-2-9)15-7-12-17-16-11-5-6-14-8-18(11)12/h1-6,8,15H,7H2. The van der Waals surface area contributed by atoms with E-state index in [-0.39, 0.29) is 0 Å². The van der Waals surface area contributed by atoms with Crippen LogP contribution in [0.25, 0.3) is 5.65 Å². The zero-order chi connectivity index (χ0) is 12.4. The summed E-state index contributed by atoms with van der Waals surface area (Å²) in [6.45, 7) is 0.578. The first-order valence-electron chi connectivity index (χ1n) is 5.46. The molecule has 1 aromatic carbocycles. The second-order valence-electron chi connectivity index (χ2n) is 3.79. The highest BCUT2D eigenvalue weighted by Gasteiger charge is 2.04. The van der Waals surface area contributed by atoms with E-state index in [4.69, 9.17) is 11.6 Å². The van der Waals surface area contributed by atoms with E-state index in [1.165, 1.54) is 0 Å². The molecule has 18 heavy (non-hydrogen) atoms. The molecule has 0 atom stereocenters. The lowest BCUT2D eigenvalue weighted by Crippen LogP contribution is -2.04. The fraction of sp³-hybridized carbons (Fsp3) is 0.0833. The maximum atomic E-state index is 5.83. The van der Waals surface area contributed by atoms with Gasteiger partial charge in [0.1, 0.15) is 6.33 Å². The summed E-state index contributed by atoms with van der Waals surface area (Å²) in [6, 6.07) is 9.34. The fourth-order valence-electron chi connectivity index (χ4n) is 1.66. The number of nitrogens with one attached hydrogen (secondary N) is 1. The zero-order valence-electron chi connectivity index (χ0n) is 9.42. The monoisotopic (exact) mass is 259 g/mol. The topological polar surface area (TPSA) is 55.1 Å². The molecular weight excluding hydrogens is 250 g/mol. The van der Waals surface area contributed by atoms with Gasteiger partial charge in [0.15, 0.2) is 11.5 Å². The minimum Gasteiger partial charge on any atom is -0.378 e. The van der Waals surface area contributed by atoms with Gasteiger partial charge >= 0.3 is 0 Å². The number of benzene rings is 1. The van der Waals surface area contributed by atoms with Crippen LogP contribution < -0.4 is 5.32 Å². The molecule has 0 amide bonds. The Hall–Kier alpha value is -2.14. The molecule has 90 valence electrons. The molecule has 0 unspecified atom stereocenters. The predicted octanol–water partition coefficient (Wildman–Crippen LogP) is 2.39. The van der Waals surface area contributed by atoms with Crippen molar-refractivity contribution in [3.8, 4) is 0 Å². The molecule has 0 saturated carbocycles. The lowest BCUT2D eigenvalue weighted by Gasteiger charge is -2.04. The number of rotatable bonds is 3. The third-order valence-electron chi connectivity index (χ3n) is 2.58. The Morgan fingerprint density at radius 3 is 2.78 bits per heavy atom. The van der Waals surface area contributed by atoms with E-state index in [9.17, 15) is 0 Å². The minimum atomic E-state index is 0.578. The van der Waals surface area contributed by atoms with Crippen molar-refractivity contribution in [2.75, 3.05) is 5.32 Å². The summed E-state index contributed by atoms with van der Waals surface area (Å²) >= 11 is 5.83. The Balaban J connectivity index is 1.79. The third kappa shape index (κ3) is 2.12. The minimum absolute atomic E-state index is 0.578. The molecule has 0 bridgehead atoms. The highest BCUT2D eigenvalue weighted by molar-refractivity contribution is 6.30. The van der Waals surface area contributed by atoms with Crippen LogP contribution in [0.1, 0.15) is 5.82 Å². The van der Waals surface area contributed by atoms with Crippen molar-refractivity contribution < 1.29 is 0 Å². The van der Waals surface area contributed by atoms with Crippen molar-refractivity contribution in [3.05, 3.63) is 53.7 Å². The molecule has 3 aromatic rings. The van der Waals surface area contributed by atoms with Crippen LogP contribution in [-0.2, 0) is 6.54 Å². The SMILES string of the molecule is Clc1ccc(NCc2nnc3ccncn23)cc1. The summed E-state index contributed by atoms with van der Waals surface area (Å²) in [6.07, 6.45) is 3.40. The smallest absolute Gasteiger partial charge is 0.163 e. The number of halogens is 1. The first-order chi connectivity index (χ1) is 8.83. The van der Waals surface area contributed by atoms with Gasteiger partial charge in [-0.3, -0.25) is 4.40 Å². The van der Waals surface area contributed by atoms with Gasteiger partial charge in [-0.2, -0.15) is 0 Å². The molecule has 0 aliphatic rings. The molecule has 0 spiro atoms. The lowest BCUT2D eigenvalue weighted by atomic mass is 10.3. The average molecular weight is 260 g/mol. The summed E-state index contributed by atoms with van der Waals surface area (Å²) in [4.78, 5) is 4.05. The largest absolute Gasteiger partial charge is 0.378 e. The Labute approximate surface area is 108 Å². The maximum Gasteiger partial charge on any atom is 0.163 e. The van der Waals surface area contributed by atoms with Gasteiger partial charge in [-0.05, 0) is 24.3 Å². The fourth-order valence-corrected chi connectivity index (χ4v) is 1.79. The highest BCUT2D eigenvalue weighted by Crippen LogP contribution is 2.14. The first kappa shape index (κ1) is 11.0. The molecule has 2 aromatic heterocycles. The van der Waals surface area contributed by atoms with E-state index in [1.807, 2.05) is 34.7 Å². The van der Waals surface area contributed by atoms with Gasteiger partial charge in [0.2, 0.25) is 0 Å². The quantitative estimate of drug-likeness (QED) is 0.785. The summed E-state index contributed by atoms with van der Waals surface area (Å²) in [5, 5.41) is 12.1. The van der Waals surface area contributed by atoms with Gasteiger partial charge in [0.25, 0.3) is 0 Å². The molecule has 3 rings (SSSR count). The van der Waals surface area contributed by atoms with Crippen LogP contribution in [0.3, 0.4) is 0 Å². The molecule has 0 radical (unpaired) electrons. The Morgan fingerprint density at radius 2 is 1.94 bits per heavy atom. The Bertz CT molecular complexity index is 662. The number of anilines is 1. The number of hydrogen-bond donors (Lipinski definition) is 1. The Morgan fingerprint density at radius 1 is 1.11 bits per heavy atom. The summed E-state index contributed by atoms with van der Waals surface area (Å²) < 4.78 is 1.85. The van der Waals surface area contributed by atoms with Gasteiger partial charge in [-0.25, -0.2) is 4.98 Å². The van der Waals surface area contributed by atoms with Crippen LogP contribution >= 0.6 is 11.6 Å². The van der Waals surface area contributed by atoms with Gasteiger partial charge in [-0.1, -0.05) is 11.6 Å². The molecule has 0 aliphatic carbocycles. The van der Waals surface area contributed by atoms with Crippen LogP contribution in [0, 0.1) is 0 Å². The van der Waals surface area contributed by atoms with Gasteiger partial charge in [0, 0.05) is 23.0 Å². The number of nitrogens with zero attached hydrogens (tertiary/aromatic N) is 4. The van der Waals surface area contributed by atoms with Gasteiger partial charge in [-0.15, -0.1) is 10.2 Å². The Kier molecular flexibility index (Phi) is 2.82. The zero-order valence-corrected chi connectivity index (χ0v) is 10.2. The van der Waals surface area contributed by atoms with Gasteiger partial charge < -0.3 is 5.32 Å². The summed E-state index contributed by atoms with van der Waals surface area (Å²) in [5.74, 6) is 0.813. The molecule has 2 heterocycles. The van der Waals surface area contributed by atoms with Crippen molar-refractivity contribution in [2.45, 2.75) is 6.54 Å². The van der Waals surface area contributed by atoms with E-state index in [1.54, 1.807) is 12.5 Å². The van der Waals surface area contributed by atoms with E-state index in [0.717, 1.165) is 22.2 Å². The first-order valence-corrected chi connectivity index (χ1v) is 5.84. The van der Waals surface area contributed by atoms with E-state index >= 15 is 0 Å². The normalized spacial score (nSPS) is 10.7. The van der Waals surface area contributed by atoms with Crippen molar-refractivity contribution in [1.82, 2.24) is 19.6 Å². The van der Waals surface area contributed by atoms with Crippen LogP contribution in [0.2, 0.25) is 5.02 Å². The van der Waals surface area contributed by atoms with Crippen LogP contribution in [0.15, 0.2) is 42.9 Å². The third-order valence-corrected chi connectivity index (χ3v) is 2.83. The average Bonchev–Trinajstić information content (AvgIpc) is 2.82. The number of aromatic nitrogens is 4. The van der Waals surface area contributed by atoms with E-state index in [2.05, 4.69) is 20.5 Å². The van der Waals surface area contributed by atoms with Crippen LogP contribution in [-0.4, -0.2) is 19.6 Å². The molecule has 0 fully saturated rings. The maximum absolute atomic E-state index is 5.83. The molecular formula is C12H10ClN5. The highest BCUT2D eigenvalue weighted by atomic mass is 35.5. The number of hydrogen-bond acceptors (Lipinski definition) is 4. The summed E-state index contributed by atoms with van der Waals surface area (Å²) in [7, 11) is 0. The summed E-state index contributed by atoms with van der Waals surface area (Å²) in [5.41, 5.74) is 1.78. The second kappa shape index (κ2) is 4.62. The second-order valence-corrected chi connectivity index (χ2v) is 4.22. The number of fused-ring (bicyclic) bond motifs is 1. The van der Waals surface area contributed by atoms with Crippen LogP contribution in [0.4, 0.5) is 5.69 Å². The lowest BCUT2D eigenvalue weighted by molar-refractivity contribution is 0.904. The molecule has 0 saturated heterocycles. The van der Waals surface area contributed by atoms with Crippen molar-refractivity contribution in [1.29, 1.82) is 0 Å². The van der Waals surface area contributed by atoms with Crippen molar-refractivity contribution in [2.24, 2.45) is 0 Å². The molecule has 1 N–H and O–H groups in total. The van der Waals surface area contributed by atoms with E-state index < -0.39 is 0 Å². The van der Waals surface area contributed by atoms with Gasteiger partial charge in [0.05, 0.1) is 6.54 Å². The van der Waals surface area contributed by atoms with Crippen molar-refractivity contribution in [3.63, 3.8) is 0 Å². The van der Waals surface area contributed by atoms with Crippen LogP contribution in [0.5, 0.6) is 0 Å². The van der Waals surface area contributed by atoms with Crippen molar-refractivity contribution >= 4 is 22.9 Å². The molecule has 5 nitrogen and oxygen atoms in total. The molecule has 6 heteroatoms. The predicted molar refractivity (Wildman–Crippen MR) is 69.6 cm³/mol. The van der Waals surface area contributed by atoms with E-state index in [0.29, 0.717) is 6.54 Å². The molecule has 0 aliphatic heterocycles.